The van der Waals surface area contributed by atoms with Crippen LogP contribution in [0.4, 0.5) is 4.79 Å². The lowest BCUT2D eigenvalue weighted by atomic mass is 10.1. The van der Waals surface area contributed by atoms with Crippen LogP contribution in [0.5, 0.6) is 0 Å². The van der Waals surface area contributed by atoms with Gasteiger partial charge in [0.15, 0.2) is 0 Å². The fraction of sp³-hybridized carbons (Fsp3) is 0.846. The van der Waals surface area contributed by atoms with Crippen molar-refractivity contribution in [3.05, 3.63) is 0 Å². The van der Waals surface area contributed by atoms with E-state index in [0.29, 0.717) is 19.6 Å². The van der Waals surface area contributed by atoms with Crippen molar-refractivity contribution < 1.29 is 19.4 Å². The minimum absolute atomic E-state index is 0.0918. The highest BCUT2D eigenvalue weighted by molar-refractivity contribution is 5.74. The molecule has 0 aromatic carbocycles. The lowest BCUT2D eigenvalue weighted by Crippen LogP contribution is -2.43. The molecule has 2 saturated heterocycles. The molecule has 2 heterocycles. The molecular formula is C13H22N2O4. The van der Waals surface area contributed by atoms with Crippen molar-refractivity contribution >= 4 is 12.0 Å². The molecule has 6 heteroatoms. The summed E-state index contributed by atoms with van der Waals surface area (Å²) in [6.07, 6.45) is 4.32. The van der Waals surface area contributed by atoms with Gasteiger partial charge in [-0.3, -0.25) is 4.79 Å². The van der Waals surface area contributed by atoms with E-state index in [1.165, 1.54) is 0 Å². The second-order valence-electron chi connectivity index (χ2n) is 5.37. The zero-order valence-corrected chi connectivity index (χ0v) is 11.1. The number of carbonyl (C=O) groups is 2. The molecule has 6 nitrogen and oxygen atoms in total. The lowest BCUT2D eigenvalue weighted by Gasteiger charge is -2.24. The van der Waals surface area contributed by atoms with Gasteiger partial charge in [0, 0.05) is 32.7 Å². The summed E-state index contributed by atoms with van der Waals surface area (Å²) < 4.78 is 5.55. The summed E-state index contributed by atoms with van der Waals surface area (Å²) in [5.74, 6) is -0.697. The van der Waals surface area contributed by atoms with Crippen molar-refractivity contribution in [3.8, 4) is 0 Å². The molecule has 0 saturated carbocycles. The standard InChI is InChI=1S/C13H22N2O4/c16-12(17)7-10-4-5-15(9-10)13(18)14-8-11-3-1-2-6-19-11/h10-11H,1-9H2,(H,14,18)(H,16,17). The van der Waals surface area contributed by atoms with Crippen LogP contribution < -0.4 is 5.32 Å². The first-order valence-electron chi connectivity index (χ1n) is 7.01. The van der Waals surface area contributed by atoms with Crippen LogP contribution in [0.15, 0.2) is 0 Å². The molecule has 0 bridgehead atoms. The van der Waals surface area contributed by atoms with Crippen molar-refractivity contribution in [1.29, 1.82) is 0 Å². The van der Waals surface area contributed by atoms with Crippen LogP contribution >= 0.6 is 0 Å². The van der Waals surface area contributed by atoms with Crippen LogP contribution in [0.1, 0.15) is 32.1 Å². The largest absolute Gasteiger partial charge is 0.481 e. The predicted molar refractivity (Wildman–Crippen MR) is 68.9 cm³/mol. The maximum absolute atomic E-state index is 11.9. The molecule has 0 radical (unpaired) electrons. The molecule has 2 N–H and O–H groups in total. The van der Waals surface area contributed by atoms with Gasteiger partial charge in [-0.05, 0) is 31.6 Å². The number of carboxylic acids is 1. The molecule has 2 rings (SSSR count). The Morgan fingerprint density at radius 1 is 1.32 bits per heavy atom. The van der Waals surface area contributed by atoms with E-state index in [1.54, 1.807) is 4.90 Å². The topological polar surface area (TPSA) is 78.9 Å². The van der Waals surface area contributed by atoms with Gasteiger partial charge in [0.1, 0.15) is 0 Å². The number of carbonyl (C=O) groups excluding carboxylic acids is 1. The lowest BCUT2D eigenvalue weighted by molar-refractivity contribution is -0.138. The van der Waals surface area contributed by atoms with E-state index in [4.69, 9.17) is 9.84 Å². The number of carboxylic acid groups (broad SMARTS) is 1. The maximum Gasteiger partial charge on any atom is 0.317 e. The summed E-state index contributed by atoms with van der Waals surface area (Å²) in [5, 5.41) is 11.6. The Morgan fingerprint density at radius 3 is 2.84 bits per heavy atom. The fourth-order valence-corrected chi connectivity index (χ4v) is 2.71. The number of aliphatic carboxylic acids is 1. The average Bonchev–Trinajstić information content (AvgIpc) is 2.85. The van der Waals surface area contributed by atoms with Gasteiger partial charge in [0.05, 0.1) is 6.10 Å². The first kappa shape index (κ1) is 14.1. The summed E-state index contributed by atoms with van der Waals surface area (Å²) in [5.41, 5.74) is 0. The highest BCUT2D eigenvalue weighted by Crippen LogP contribution is 2.19. The highest BCUT2D eigenvalue weighted by atomic mass is 16.5. The third-order valence-corrected chi connectivity index (χ3v) is 3.79. The third-order valence-electron chi connectivity index (χ3n) is 3.79. The molecule has 2 amide bonds. The van der Waals surface area contributed by atoms with E-state index < -0.39 is 5.97 Å². The minimum atomic E-state index is -0.789. The first-order valence-corrected chi connectivity index (χ1v) is 7.01. The number of rotatable bonds is 4. The third kappa shape index (κ3) is 4.38. The zero-order valence-electron chi connectivity index (χ0n) is 11.1. The summed E-state index contributed by atoms with van der Waals surface area (Å²) in [6, 6.07) is -0.0953. The second-order valence-corrected chi connectivity index (χ2v) is 5.37. The van der Waals surface area contributed by atoms with E-state index in [0.717, 1.165) is 32.3 Å². The summed E-state index contributed by atoms with van der Waals surface area (Å²) in [4.78, 5) is 24.3. The van der Waals surface area contributed by atoms with Crippen molar-refractivity contribution in [1.82, 2.24) is 10.2 Å². The molecule has 0 aliphatic carbocycles. The maximum atomic E-state index is 11.9. The Morgan fingerprint density at radius 2 is 2.16 bits per heavy atom. The summed E-state index contributed by atoms with van der Waals surface area (Å²) in [6.45, 7) is 2.53. The number of urea groups is 1. The van der Waals surface area contributed by atoms with Gasteiger partial charge in [0.2, 0.25) is 0 Å². The monoisotopic (exact) mass is 270 g/mol. The Kier molecular flexibility index (Phi) is 5.01. The minimum Gasteiger partial charge on any atom is -0.481 e. The molecule has 0 aromatic rings. The molecule has 2 fully saturated rings. The van der Waals surface area contributed by atoms with Crippen LogP contribution in [-0.2, 0) is 9.53 Å². The number of nitrogens with one attached hydrogen (secondary N) is 1. The molecule has 2 unspecified atom stereocenters. The van der Waals surface area contributed by atoms with E-state index in [1.807, 2.05) is 0 Å². The molecule has 2 aliphatic heterocycles. The van der Waals surface area contributed by atoms with Crippen LogP contribution in [0.25, 0.3) is 0 Å². The number of hydrogen-bond acceptors (Lipinski definition) is 3. The molecular weight excluding hydrogens is 248 g/mol. The second kappa shape index (κ2) is 6.75. The van der Waals surface area contributed by atoms with E-state index in [-0.39, 0.29) is 24.5 Å². The number of nitrogens with zero attached hydrogens (tertiary/aromatic N) is 1. The fourth-order valence-electron chi connectivity index (χ4n) is 2.71. The van der Waals surface area contributed by atoms with Gasteiger partial charge >= 0.3 is 12.0 Å². The van der Waals surface area contributed by atoms with E-state index >= 15 is 0 Å². The number of ether oxygens (including phenoxy) is 1. The molecule has 0 spiro atoms. The number of likely N-dealkylation sites (tertiary alicyclic amines) is 1. The normalized spacial score (nSPS) is 27.3. The Balaban J connectivity index is 1.67. The Labute approximate surface area is 113 Å². The van der Waals surface area contributed by atoms with Crippen LogP contribution in [0.3, 0.4) is 0 Å². The van der Waals surface area contributed by atoms with Gasteiger partial charge in [-0.25, -0.2) is 4.79 Å². The summed E-state index contributed by atoms with van der Waals surface area (Å²) >= 11 is 0. The summed E-state index contributed by atoms with van der Waals surface area (Å²) in [7, 11) is 0. The smallest absolute Gasteiger partial charge is 0.317 e. The predicted octanol–water partition coefficient (Wildman–Crippen LogP) is 1.06. The quantitative estimate of drug-likeness (QED) is 0.800. The van der Waals surface area contributed by atoms with Gasteiger partial charge in [-0.1, -0.05) is 0 Å². The van der Waals surface area contributed by atoms with Crippen LogP contribution in [0, 0.1) is 5.92 Å². The Hall–Kier alpha value is -1.30. The van der Waals surface area contributed by atoms with Gasteiger partial charge in [0.25, 0.3) is 0 Å². The van der Waals surface area contributed by atoms with Crippen molar-refractivity contribution in [2.24, 2.45) is 5.92 Å². The number of hydrogen-bond donors (Lipinski definition) is 2. The van der Waals surface area contributed by atoms with Crippen molar-refractivity contribution in [2.45, 2.75) is 38.2 Å². The molecule has 0 aromatic heterocycles. The highest BCUT2D eigenvalue weighted by Gasteiger charge is 2.28. The molecule has 2 atom stereocenters. The van der Waals surface area contributed by atoms with Crippen LogP contribution in [-0.4, -0.2) is 54.4 Å². The van der Waals surface area contributed by atoms with Gasteiger partial charge in [-0.2, -0.15) is 0 Å². The van der Waals surface area contributed by atoms with Gasteiger partial charge in [-0.15, -0.1) is 0 Å². The Bertz CT molecular complexity index is 329. The molecule has 19 heavy (non-hydrogen) atoms. The van der Waals surface area contributed by atoms with Crippen LogP contribution in [0.2, 0.25) is 0 Å². The van der Waals surface area contributed by atoms with Gasteiger partial charge < -0.3 is 20.1 Å². The molecule has 108 valence electrons. The van der Waals surface area contributed by atoms with E-state index in [2.05, 4.69) is 5.32 Å². The first-order chi connectivity index (χ1) is 9.15. The average molecular weight is 270 g/mol. The van der Waals surface area contributed by atoms with Crippen molar-refractivity contribution in [3.63, 3.8) is 0 Å². The van der Waals surface area contributed by atoms with E-state index in [9.17, 15) is 9.59 Å². The van der Waals surface area contributed by atoms with Crippen molar-refractivity contribution in [2.75, 3.05) is 26.2 Å². The molecule has 2 aliphatic rings. The SMILES string of the molecule is O=C(O)CC1CCN(C(=O)NCC2CCCCO2)C1. The zero-order chi connectivity index (χ0) is 13.7. The number of amides is 2.